The Morgan fingerprint density at radius 2 is 2.33 bits per heavy atom. The summed E-state index contributed by atoms with van der Waals surface area (Å²) in [5.74, 6) is -1.16. The summed E-state index contributed by atoms with van der Waals surface area (Å²) in [5.41, 5.74) is -0.498. The molecule has 1 saturated heterocycles. The van der Waals surface area contributed by atoms with E-state index in [-0.39, 0.29) is 0 Å². The van der Waals surface area contributed by atoms with E-state index in [9.17, 15) is 4.79 Å². The first-order chi connectivity index (χ1) is 5.57. The molecule has 12 heavy (non-hydrogen) atoms. The van der Waals surface area contributed by atoms with E-state index in [1.807, 2.05) is 6.07 Å². The summed E-state index contributed by atoms with van der Waals surface area (Å²) in [7, 11) is 0. The SMILES string of the molecule is CC(C#N)C(=O)OC1(C)COC1. The highest BCUT2D eigenvalue weighted by molar-refractivity contribution is 5.75. The van der Waals surface area contributed by atoms with Crippen LogP contribution in [-0.4, -0.2) is 24.8 Å². The van der Waals surface area contributed by atoms with Crippen LogP contribution in [0.15, 0.2) is 0 Å². The van der Waals surface area contributed by atoms with Crippen molar-refractivity contribution in [2.24, 2.45) is 5.92 Å². The molecule has 0 saturated carbocycles. The van der Waals surface area contributed by atoms with E-state index in [2.05, 4.69) is 0 Å². The first kappa shape index (κ1) is 9.01. The summed E-state index contributed by atoms with van der Waals surface area (Å²) in [6.07, 6.45) is 0. The minimum Gasteiger partial charge on any atom is -0.453 e. The van der Waals surface area contributed by atoms with Crippen LogP contribution >= 0.6 is 0 Å². The van der Waals surface area contributed by atoms with Gasteiger partial charge in [-0.15, -0.1) is 0 Å². The normalized spacial score (nSPS) is 21.8. The molecule has 1 rings (SSSR count). The molecule has 1 heterocycles. The topological polar surface area (TPSA) is 59.3 Å². The van der Waals surface area contributed by atoms with E-state index < -0.39 is 17.5 Å². The molecule has 4 nitrogen and oxygen atoms in total. The first-order valence-electron chi connectivity index (χ1n) is 3.78. The predicted molar refractivity (Wildman–Crippen MR) is 40.1 cm³/mol. The Kier molecular flexibility index (Phi) is 2.34. The number of nitrogens with zero attached hydrogens (tertiary/aromatic N) is 1. The lowest BCUT2D eigenvalue weighted by Crippen LogP contribution is -2.50. The van der Waals surface area contributed by atoms with Gasteiger partial charge in [0.05, 0.1) is 19.3 Å². The average molecular weight is 169 g/mol. The zero-order chi connectivity index (χ0) is 9.19. The van der Waals surface area contributed by atoms with Gasteiger partial charge in [0, 0.05) is 0 Å². The quantitative estimate of drug-likeness (QED) is 0.564. The van der Waals surface area contributed by atoms with Crippen molar-refractivity contribution in [1.29, 1.82) is 5.26 Å². The highest BCUT2D eigenvalue weighted by Crippen LogP contribution is 2.21. The lowest BCUT2D eigenvalue weighted by Gasteiger charge is -2.37. The number of carbonyl (C=O) groups is 1. The Bertz CT molecular complexity index is 227. The monoisotopic (exact) mass is 169 g/mol. The zero-order valence-corrected chi connectivity index (χ0v) is 7.16. The molecule has 0 aromatic carbocycles. The van der Waals surface area contributed by atoms with Crippen molar-refractivity contribution < 1.29 is 14.3 Å². The van der Waals surface area contributed by atoms with E-state index in [1.54, 1.807) is 6.92 Å². The number of ether oxygens (including phenoxy) is 2. The van der Waals surface area contributed by atoms with Gasteiger partial charge in [-0.1, -0.05) is 0 Å². The van der Waals surface area contributed by atoms with Crippen molar-refractivity contribution in [2.45, 2.75) is 19.4 Å². The second-order valence-corrected chi connectivity index (χ2v) is 3.21. The second-order valence-electron chi connectivity index (χ2n) is 3.21. The van der Waals surface area contributed by atoms with Gasteiger partial charge >= 0.3 is 5.97 Å². The molecule has 1 unspecified atom stereocenters. The van der Waals surface area contributed by atoms with Gasteiger partial charge in [0.1, 0.15) is 5.92 Å². The standard InChI is InChI=1S/C8H11NO3/c1-6(3-9)7(10)12-8(2)4-11-5-8/h6H,4-5H2,1-2H3. The Morgan fingerprint density at radius 1 is 1.75 bits per heavy atom. The molecule has 66 valence electrons. The molecule has 0 aromatic heterocycles. The van der Waals surface area contributed by atoms with E-state index in [4.69, 9.17) is 14.7 Å². The maximum absolute atomic E-state index is 11.1. The molecule has 0 radical (unpaired) electrons. The van der Waals surface area contributed by atoms with Crippen LogP contribution in [0.5, 0.6) is 0 Å². The Morgan fingerprint density at radius 3 is 2.67 bits per heavy atom. The minimum atomic E-state index is -0.692. The molecule has 0 bridgehead atoms. The van der Waals surface area contributed by atoms with Crippen molar-refractivity contribution in [3.63, 3.8) is 0 Å². The molecule has 0 aliphatic carbocycles. The maximum atomic E-state index is 11.1. The van der Waals surface area contributed by atoms with Gasteiger partial charge in [-0.25, -0.2) is 0 Å². The van der Waals surface area contributed by atoms with Crippen LogP contribution in [0, 0.1) is 17.2 Å². The highest BCUT2D eigenvalue weighted by atomic mass is 16.6. The number of rotatable bonds is 2. The van der Waals surface area contributed by atoms with E-state index in [0.717, 1.165) is 0 Å². The zero-order valence-electron chi connectivity index (χ0n) is 7.16. The summed E-state index contributed by atoms with van der Waals surface area (Å²) in [6, 6.07) is 1.82. The summed E-state index contributed by atoms with van der Waals surface area (Å²) < 4.78 is 9.93. The molecule has 1 aliphatic heterocycles. The van der Waals surface area contributed by atoms with E-state index >= 15 is 0 Å². The molecular weight excluding hydrogens is 158 g/mol. The number of hydrogen-bond acceptors (Lipinski definition) is 4. The Labute approximate surface area is 71.1 Å². The Hall–Kier alpha value is -1.08. The van der Waals surface area contributed by atoms with E-state index in [1.165, 1.54) is 6.92 Å². The molecule has 1 aliphatic rings. The average Bonchev–Trinajstić information content (AvgIpc) is 2.00. The van der Waals surface area contributed by atoms with Gasteiger partial charge in [-0.2, -0.15) is 5.26 Å². The molecule has 0 aromatic rings. The largest absolute Gasteiger partial charge is 0.453 e. The van der Waals surface area contributed by atoms with Gasteiger partial charge < -0.3 is 9.47 Å². The van der Waals surface area contributed by atoms with Gasteiger partial charge in [0.15, 0.2) is 5.60 Å². The smallest absolute Gasteiger partial charge is 0.323 e. The maximum Gasteiger partial charge on any atom is 0.323 e. The Balaban J connectivity index is 2.41. The first-order valence-corrected chi connectivity index (χ1v) is 3.78. The fourth-order valence-electron chi connectivity index (χ4n) is 0.832. The van der Waals surface area contributed by atoms with Gasteiger partial charge in [0.2, 0.25) is 0 Å². The lowest BCUT2D eigenvalue weighted by molar-refractivity contribution is -0.208. The molecule has 0 N–H and O–H groups in total. The third kappa shape index (κ3) is 1.74. The molecule has 1 fully saturated rings. The van der Waals surface area contributed by atoms with Crippen molar-refractivity contribution >= 4 is 5.97 Å². The van der Waals surface area contributed by atoms with E-state index in [0.29, 0.717) is 13.2 Å². The van der Waals surface area contributed by atoms with Crippen LogP contribution in [0.4, 0.5) is 0 Å². The van der Waals surface area contributed by atoms with Crippen LogP contribution < -0.4 is 0 Å². The summed E-state index contributed by atoms with van der Waals surface area (Å²) in [4.78, 5) is 11.1. The number of carbonyl (C=O) groups excluding carboxylic acids is 1. The summed E-state index contributed by atoms with van der Waals surface area (Å²) in [6.45, 7) is 4.16. The molecule has 0 spiro atoms. The number of esters is 1. The lowest BCUT2D eigenvalue weighted by atomic mass is 10.1. The number of nitriles is 1. The third-order valence-electron chi connectivity index (χ3n) is 1.71. The van der Waals surface area contributed by atoms with Crippen molar-refractivity contribution in [2.75, 3.05) is 13.2 Å². The fraction of sp³-hybridized carbons (Fsp3) is 0.750. The number of hydrogen-bond donors (Lipinski definition) is 0. The van der Waals surface area contributed by atoms with Crippen molar-refractivity contribution in [1.82, 2.24) is 0 Å². The molecule has 1 atom stereocenters. The summed E-state index contributed by atoms with van der Waals surface area (Å²) >= 11 is 0. The van der Waals surface area contributed by atoms with Crippen LogP contribution in [0.25, 0.3) is 0 Å². The fourth-order valence-corrected chi connectivity index (χ4v) is 0.832. The molecule has 0 amide bonds. The van der Waals surface area contributed by atoms with Crippen molar-refractivity contribution in [3.05, 3.63) is 0 Å². The molecular formula is C8H11NO3. The molecule has 4 heteroatoms. The van der Waals surface area contributed by atoms with Gasteiger partial charge in [-0.05, 0) is 13.8 Å². The predicted octanol–water partition coefficient (Wildman–Crippen LogP) is 0.478. The van der Waals surface area contributed by atoms with Gasteiger partial charge in [0.25, 0.3) is 0 Å². The summed E-state index contributed by atoms with van der Waals surface area (Å²) in [5, 5.41) is 8.41. The second kappa shape index (κ2) is 3.11. The van der Waals surface area contributed by atoms with Crippen LogP contribution in [0.1, 0.15) is 13.8 Å². The van der Waals surface area contributed by atoms with Crippen molar-refractivity contribution in [3.8, 4) is 6.07 Å². The highest BCUT2D eigenvalue weighted by Gasteiger charge is 2.38. The van der Waals surface area contributed by atoms with Crippen LogP contribution in [0.2, 0.25) is 0 Å². The van der Waals surface area contributed by atoms with Gasteiger partial charge in [-0.3, -0.25) is 4.79 Å². The van der Waals surface area contributed by atoms with Crippen LogP contribution in [0.3, 0.4) is 0 Å². The third-order valence-corrected chi connectivity index (χ3v) is 1.71. The van der Waals surface area contributed by atoms with Crippen LogP contribution in [-0.2, 0) is 14.3 Å². The minimum absolute atomic E-state index is 0.427.